The first-order valence-electron chi connectivity index (χ1n) is 10.2. The summed E-state index contributed by atoms with van der Waals surface area (Å²) in [6.45, 7) is 4.91. The Morgan fingerprint density at radius 1 is 1.06 bits per heavy atom. The molecule has 0 N–H and O–H groups in total. The molecule has 2 aliphatic heterocycles. The number of ether oxygens (including phenoxy) is 2. The lowest BCUT2D eigenvalue weighted by Crippen LogP contribution is -2.35. The van der Waals surface area contributed by atoms with Crippen molar-refractivity contribution >= 4 is 22.6 Å². The fraction of sp³-hybridized carbons (Fsp3) is 0.250. The van der Waals surface area contributed by atoms with Gasteiger partial charge in [0.05, 0.1) is 24.6 Å². The topological polar surface area (TPSA) is 66.5 Å². The average molecular weight is 435 g/mol. The highest BCUT2D eigenvalue weighted by Crippen LogP contribution is 2.51. The van der Waals surface area contributed by atoms with E-state index in [4.69, 9.17) is 30.6 Å². The highest BCUT2D eigenvalue weighted by Gasteiger charge is 2.43. The number of benzene rings is 2. The van der Waals surface area contributed by atoms with Gasteiger partial charge in [-0.2, -0.15) is 5.10 Å². The van der Waals surface area contributed by atoms with Crippen LogP contribution in [0.5, 0.6) is 11.6 Å². The summed E-state index contributed by atoms with van der Waals surface area (Å²) in [6, 6.07) is 13.0. The van der Waals surface area contributed by atoms with E-state index in [-0.39, 0.29) is 17.5 Å². The number of rotatable bonds is 1. The number of nitrogens with zero attached hydrogens (tertiary/aromatic N) is 2. The zero-order chi connectivity index (χ0) is 21.3. The van der Waals surface area contributed by atoms with Crippen molar-refractivity contribution in [3.05, 3.63) is 80.3 Å². The largest absolute Gasteiger partial charge is 0.493 e. The molecule has 31 heavy (non-hydrogen) atoms. The number of hydrogen-bond donors (Lipinski definition) is 0. The summed E-state index contributed by atoms with van der Waals surface area (Å²) in [7, 11) is 0. The van der Waals surface area contributed by atoms with Crippen LogP contribution in [-0.2, 0) is 0 Å². The summed E-state index contributed by atoms with van der Waals surface area (Å²) in [6.07, 6.45) is 0. The van der Waals surface area contributed by atoms with E-state index in [1.165, 1.54) is 6.07 Å². The first-order valence-corrected chi connectivity index (χ1v) is 10.6. The molecule has 0 radical (unpaired) electrons. The van der Waals surface area contributed by atoms with Gasteiger partial charge >= 0.3 is 5.63 Å². The minimum Gasteiger partial charge on any atom is -0.493 e. The first kappa shape index (κ1) is 18.5. The van der Waals surface area contributed by atoms with E-state index in [9.17, 15) is 4.79 Å². The van der Waals surface area contributed by atoms with E-state index in [1.54, 1.807) is 4.68 Å². The lowest BCUT2D eigenvalue weighted by atomic mass is 9.77. The van der Waals surface area contributed by atoms with Crippen LogP contribution >= 0.6 is 11.6 Å². The maximum absolute atomic E-state index is 12.2. The van der Waals surface area contributed by atoms with Crippen LogP contribution in [0.25, 0.3) is 16.7 Å². The molecule has 4 aromatic rings. The second kappa shape index (κ2) is 6.62. The number of hydrogen-bond acceptors (Lipinski definition) is 5. The predicted octanol–water partition coefficient (Wildman–Crippen LogP) is 4.78. The SMILES string of the molecule is Cc1nn(-c2cccc(Cl)c2)c2c1[C@H]1c3c(ccc4c(C)cc(=O)oc34)OC[C@H]1CO2. The van der Waals surface area contributed by atoms with E-state index in [2.05, 4.69) is 0 Å². The number of halogens is 1. The molecule has 4 heterocycles. The summed E-state index contributed by atoms with van der Waals surface area (Å²) in [5.74, 6) is 1.48. The molecule has 0 aliphatic carbocycles. The highest BCUT2D eigenvalue weighted by atomic mass is 35.5. The molecule has 0 amide bonds. The van der Waals surface area contributed by atoms with Gasteiger partial charge in [0.1, 0.15) is 11.3 Å². The van der Waals surface area contributed by atoms with Gasteiger partial charge in [-0.15, -0.1) is 0 Å². The van der Waals surface area contributed by atoms with Gasteiger partial charge < -0.3 is 13.9 Å². The van der Waals surface area contributed by atoms with Crippen LogP contribution in [0.15, 0.2) is 51.7 Å². The smallest absolute Gasteiger partial charge is 0.336 e. The van der Waals surface area contributed by atoms with Crippen molar-refractivity contribution in [2.45, 2.75) is 19.8 Å². The fourth-order valence-electron chi connectivity index (χ4n) is 4.84. The molecule has 6 nitrogen and oxygen atoms in total. The maximum atomic E-state index is 12.2. The van der Waals surface area contributed by atoms with Gasteiger partial charge in [-0.3, -0.25) is 0 Å². The third-order valence-corrected chi connectivity index (χ3v) is 6.45. The zero-order valence-electron chi connectivity index (χ0n) is 17.0. The second-order valence-corrected chi connectivity index (χ2v) is 8.59. The van der Waals surface area contributed by atoms with Crippen LogP contribution in [0.3, 0.4) is 0 Å². The number of fused-ring (bicyclic) bond motifs is 7. The molecule has 2 aromatic carbocycles. The highest BCUT2D eigenvalue weighted by molar-refractivity contribution is 6.30. The molecule has 0 fully saturated rings. The minimum atomic E-state index is -0.362. The summed E-state index contributed by atoms with van der Waals surface area (Å²) in [5, 5.41) is 6.33. The van der Waals surface area contributed by atoms with Crippen molar-refractivity contribution in [1.29, 1.82) is 0 Å². The quantitative estimate of drug-likeness (QED) is 0.403. The zero-order valence-corrected chi connectivity index (χ0v) is 17.8. The molecule has 0 saturated heterocycles. The molecule has 2 aliphatic rings. The Bertz CT molecular complexity index is 1420. The van der Waals surface area contributed by atoms with E-state index in [1.807, 2.05) is 50.2 Å². The Labute approximate surface area is 183 Å². The van der Waals surface area contributed by atoms with Gasteiger partial charge in [-0.1, -0.05) is 17.7 Å². The Balaban J connectivity index is 1.63. The molecule has 0 saturated carbocycles. The Hall–Kier alpha value is -3.25. The Kier molecular flexibility index (Phi) is 3.96. The lowest BCUT2D eigenvalue weighted by molar-refractivity contribution is 0.121. The molecule has 2 atom stereocenters. The molecule has 7 heteroatoms. The van der Waals surface area contributed by atoms with Gasteiger partial charge in [0, 0.05) is 39.4 Å². The predicted molar refractivity (Wildman–Crippen MR) is 117 cm³/mol. The van der Waals surface area contributed by atoms with Crippen molar-refractivity contribution in [2.24, 2.45) is 5.92 Å². The van der Waals surface area contributed by atoms with Crippen molar-refractivity contribution in [3.8, 4) is 17.3 Å². The molecular weight excluding hydrogens is 416 g/mol. The van der Waals surface area contributed by atoms with Gasteiger partial charge in [0.15, 0.2) is 0 Å². The number of aryl methyl sites for hydroxylation is 2. The summed E-state index contributed by atoms with van der Waals surface area (Å²) < 4.78 is 19.8. The van der Waals surface area contributed by atoms with Crippen LogP contribution in [0, 0.1) is 19.8 Å². The monoisotopic (exact) mass is 434 g/mol. The Morgan fingerprint density at radius 2 is 1.90 bits per heavy atom. The summed E-state index contributed by atoms with van der Waals surface area (Å²) in [5.41, 5.74) is 4.70. The van der Waals surface area contributed by atoms with Gasteiger partial charge in [0.2, 0.25) is 5.88 Å². The Morgan fingerprint density at radius 3 is 2.74 bits per heavy atom. The van der Waals surface area contributed by atoms with Crippen molar-refractivity contribution in [2.75, 3.05) is 13.2 Å². The molecule has 0 bridgehead atoms. The molecular formula is C24H19ClN2O4. The second-order valence-electron chi connectivity index (χ2n) is 8.16. The van der Waals surface area contributed by atoms with Gasteiger partial charge in [-0.25, -0.2) is 9.48 Å². The normalized spacial score (nSPS) is 19.2. The van der Waals surface area contributed by atoms with Crippen LogP contribution in [-0.4, -0.2) is 23.0 Å². The molecule has 6 rings (SSSR count). The molecule has 156 valence electrons. The van der Waals surface area contributed by atoms with Crippen molar-refractivity contribution < 1.29 is 13.9 Å². The van der Waals surface area contributed by atoms with Crippen LogP contribution in [0.2, 0.25) is 5.02 Å². The minimum absolute atomic E-state index is 0.0471. The molecule has 0 spiro atoms. The third-order valence-electron chi connectivity index (χ3n) is 6.21. The maximum Gasteiger partial charge on any atom is 0.336 e. The lowest BCUT2D eigenvalue weighted by Gasteiger charge is -2.37. The van der Waals surface area contributed by atoms with E-state index >= 15 is 0 Å². The van der Waals surface area contributed by atoms with E-state index in [0.29, 0.717) is 29.7 Å². The standard InChI is InChI=1S/C24H19ClN2O4/c1-12-8-19(28)31-23-17(12)6-7-18-22(23)21-14(10-29-18)11-30-24-20(21)13(2)26-27(24)16-5-3-4-15(25)9-16/h3-9,14,21H,10-11H2,1-2H3/t14-,21-/m0/s1. The average Bonchev–Trinajstić information content (AvgIpc) is 3.09. The van der Waals surface area contributed by atoms with E-state index < -0.39 is 0 Å². The fourth-order valence-corrected chi connectivity index (χ4v) is 5.03. The summed E-state index contributed by atoms with van der Waals surface area (Å²) in [4.78, 5) is 12.2. The first-order chi connectivity index (χ1) is 15.0. The molecule has 2 aromatic heterocycles. The van der Waals surface area contributed by atoms with Crippen molar-refractivity contribution in [3.63, 3.8) is 0 Å². The van der Waals surface area contributed by atoms with Gasteiger partial charge in [0.25, 0.3) is 0 Å². The van der Waals surface area contributed by atoms with E-state index in [0.717, 1.165) is 39.2 Å². The number of aromatic nitrogens is 2. The summed E-state index contributed by atoms with van der Waals surface area (Å²) >= 11 is 6.22. The van der Waals surface area contributed by atoms with Crippen LogP contribution < -0.4 is 15.1 Å². The van der Waals surface area contributed by atoms with Crippen LogP contribution in [0.1, 0.15) is 28.3 Å². The third kappa shape index (κ3) is 2.71. The van der Waals surface area contributed by atoms with Gasteiger partial charge in [-0.05, 0) is 49.7 Å². The van der Waals surface area contributed by atoms with Crippen molar-refractivity contribution in [1.82, 2.24) is 9.78 Å². The molecule has 0 unspecified atom stereocenters. The van der Waals surface area contributed by atoms with Crippen LogP contribution in [0.4, 0.5) is 0 Å².